The number of hydrogen-bond donors (Lipinski definition) is 1. The average Bonchev–Trinajstić information content (AvgIpc) is 3.14. The zero-order valence-corrected chi connectivity index (χ0v) is 11.9. The first kappa shape index (κ1) is 12.4. The normalized spacial score (nSPS) is 32.0. The Bertz CT molecular complexity index is 677. The molecule has 1 aromatic heterocycles. The molecule has 0 saturated carbocycles. The van der Waals surface area contributed by atoms with Crippen LogP contribution in [0.1, 0.15) is 24.8 Å². The van der Waals surface area contributed by atoms with E-state index >= 15 is 0 Å². The van der Waals surface area contributed by atoms with Crippen molar-refractivity contribution in [3.05, 3.63) is 35.2 Å². The van der Waals surface area contributed by atoms with E-state index in [1.54, 1.807) is 11.3 Å². The lowest BCUT2D eigenvalue weighted by Crippen LogP contribution is -2.42. The lowest BCUT2D eigenvalue weighted by Gasteiger charge is -2.30. The summed E-state index contributed by atoms with van der Waals surface area (Å²) in [6, 6.07) is 8.22. The average molecular weight is 288 g/mol. The third-order valence-electron chi connectivity index (χ3n) is 4.81. The SMILES string of the molecule is O=C(O)C1(Cc2csc3ccccc23)CC2CCC1O2. The van der Waals surface area contributed by atoms with Crippen molar-refractivity contribution in [3.63, 3.8) is 0 Å². The first-order chi connectivity index (χ1) is 9.69. The predicted octanol–water partition coefficient (Wildman–Crippen LogP) is 3.47. The van der Waals surface area contributed by atoms with Crippen LogP contribution in [-0.4, -0.2) is 23.3 Å². The summed E-state index contributed by atoms with van der Waals surface area (Å²) in [7, 11) is 0. The molecule has 4 rings (SSSR count). The molecule has 2 aromatic rings. The molecule has 1 aromatic carbocycles. The Morgan fingerprint density at radius 1 is 1.40 bits per heavy atom. The van der Waals surface area contributed by atoms with Crippen molar-refractivity contribution in [1.29, 1.82) is 0 Å². The van der Waals surface area contributed by atoms with E-state index in [-0.39, 0.29) is 12.2 Å². The Labute approximate surface area is 121 Å². The van der Waals surface area contributed by atoms with Gasteiger partial charge in [0.25, 0.3) is 0 Å². The summed E-state index contributed by atoms with van der Waals surface area (Å²) in [6.07, 6.45) is 3.21. The van der Waals surface area contributed by atoms with Gasteiger partial charge in [0.1, 0.15) is 5.41 Å². The van der Waals surface area contributed by atoms with Gasteiger partial charge in [-0.15, -0.1) is 11.3 Å². The summed E-state index contributed by atoms with van der Waals surface area (Å²) in [6.45, 7) is 0. The number of ether oxygens (including phenoxy) is 1. The maximum Gasteiger partial charge on any atom is 0.312 e. The van der Waals surface area contributed by atoms with Gasteiger partial charge in [0.2, 0.25) is 0 Å². The van der Waals surface area contributed by atoms with Crippen LogP contribution in [0.15, 0.2) is 29.6 Å². The fraction of sp³-hybridized carbons (Fsp3) is 0.438. The first-order valence-corrected chi connectivity index (χ1v) is 7.91. The van der Waals surface area contributed by atoms with Crippen LogP contribution in [0.5, 0.6) is 0 Å². The molecule has 20 heavy (non-hydrogen) atoms. The summed E-state index contributed by atoms with van der Waals surface area (Å²) in [4.78, 5) is 11.9. The quantitative estimate of drug-likeness (QED) is 0.940. The van der Waals surface area contributed by atoms with E-state index < -0.39 is 11.4 Å². The number of thiophene rings is 1. The summed E-state index contributed by atoms with van der Waals surface area (Å²) < 4.78 is 7.06. The van der Waals surface area contributed by atoms with Gasteiger partial charge in [-0.2, -0.15) is 0 Å². The Balaban J connectivity index is 1.75. The van der Waals surface area contributed by atoms with E-state index in [4.69, 9.17) is 4.74 Å². The molecule has 3 nitrogen and oxygen atoms in total. The van der Waals surface area contributed by atoms with Crippen LogP contribution in [0.2, 0.25) is 0 Å². The van der Waals surface area contributed by atoms with E-state index in [0.29, 0.717) is 12.8 Å². The molecule has 2 aliphatic rings. The van der Waals surface area contributed by atoms with Crippen LogP contribution in [0, 0.1) is 5.41 Å². The summed E-state index contributed by atoms with van der Waals surface area (Å²) in [5, 5.41) is 13.1. The van der Waals surface area contributed by atoms with Crippen LogP contribution >= 0.6 is 11.3 Å². The highest BCUT2D eigenvalue weighted by atomic mass is 32.1. The molecule has 0 amide bonds. The first-order valence-electron chi connectivity index (χ1n) is 7.03. The van der Waals surface area contributed by atoms with E-state index in [0.717, 1.165) is 18.4 Å². The highest BCUT2D eigenvalue weighted by Crippen LogP contribution is 2.50. The number of aliphatic carboxylic acids is 1. The predicted molar refractivity (Wildman–Crippen MR) is 78.1 cm³/mol. The number of carboxylic acid groups (broad SMARTS) is 1. The largest absolute Gasteiger partial charge is 0.481 e. The van der Waals surface area contributed by atoms with Gasteiger partial charge < -0.3 is 9.84 Å². The number of carboxylic acids is 1. The third kappa shape index (κ3) is 1.64. The van der Waals surface area contributed by atoms with Crippen LogP contribution in [0.25, 0.3) is 10.1 Å². The second kappa shape index (κ2) is 4.30. The van der Waals surface area contributed by atoms with Gasteiger partial charge in [-0.25, -0.2) is 0 Å². The minimum absolute atomic E-state index is 0.108. The van der Waals surface area contributed by atoms with E-state index in [9.17, 15) is 9.90 Å². The molecule has 0 spiro atoms. The molecule has 2 bridgehead atoms. The van der Waals surface area contributed by atoms with Gasteiger partial charge in [-0.3, -0.25) is 4.79 Å². The van der Waals surface area contributed by atoms with Crippen LogP contribution in [0.4, 0.5) is 0 Å². The van der Waals surface area contributed by atoms with Crippen molar-refractivity contribution in [1.82, 2.24) is 0 Å². The van der Waals surface area contributed by atoms with Gasteiger partial charge in [0, 0.05) is 4.70 Å². The fourth-order valence-electron chi connectivity index (χ4n) is 3.80. The molecule has 4 heteroatoms. The van der Waals surface area contributed by atoms with Crippen molar-refractivity contribution >= 4 is 27.4 Å². The second-order valence-corrected chi connectivity index (χ2v) is 6.83. The molecule has 3 atom stereocenters. The van der Waals surface area contributed by atoms with E-state index in [1.807, 2.05) is 12.1 Å². The molecule has 2 fully saturated rings. The fourth-order valence-corrected chi connectivity index (χ4v) is 4.76. The molecule has 104 valence electrons. The zero-order valence-electron chi connectivity index (χ0n) is 11.0. The number of benzene rings is 1. The number of hydrogen-bond acceptors (Lipinski definition) is 3. The molecule has 3 heterocycles. The van der Waals surface area contributed by atoms with Crippen molar-refractivity contribution in [2.75, 3.05) is 0 Å². The highest BCUT2D eigenvalue weighted by molar-refractivity contribution is 7.17. The number of fused-ring (bicyclic) bond motifs is 3. The van der Waals surface area contributed by atoms with Gasteiger partial charge in [0.05, 0.1) is 12.2 Å². The lowest BCUT2D eigenvalue weighted by atomic mass is 9.70. The topological polar surface area (TPSA) is 46.5 Å². The van der Waals surface area contributed by atoms with Gasteiger partial charge in [0.15, 0.2) is 0 Å². The Kier molecular flexibility index (Phi) is 2.66. The van der Waals surface area contributed by atoms with Crippen molar-refractivity contribution < 1.29 is 14.6 Å². The molecule has 0 radical (unpaired) electrons. The monoisotopic (exact) mass is 288 g/mol. The van der Waals surface area contributed by atoms with Crippen LogP contribution in [-0.2, 0) is 16.0 Å². The minimum Gasteiger partial charge on any atom is -0.481 e. The third-order valence-corrected chi connectivity index (χ3v) is 5.82. The van der Waals surface area contributed by atoms with Crippen LogP contribution < -0.4 is 0 Å². The second-order valence-electron chi connectivity index (χ2n) is 5.92. The van der Waals surface area contributed by atoms with Gasteiger partial charge in [-0.1, -0.05) is 18.2 Å². The lowest BCUT2D eigenvalue weighted by molar-refractivity contribution is -0.152. The minimum atomic E-state index is -0.716. The Morgan fingerprint density at radius 3 is 2.95 bits per heavy atom. The maximum absolute atomic E-state index is 11.9. The molecular weight excluding hydrogens is 272 g/mol. The number of carbonyl (C=O) groups is 1. The molecule has 2 saturated heterocycles. The molecule has 2 aliphatic heterocycles. The Hall–Kier alpha value is -1.39. The summed E-state index contributed by atoms with van der Waals surface area (Å²) >= 11 is 1.69. The van der Waals surface area contributed by atoms with Gasteiger partial charge in [-0.05, 0) is 48.1 Å². The smallest absolute Gasteiger partial charge is 0.312 e. The van der Waals surface area contributed by atoms with Crippen molar-refractivity contribution in [2.45, 2.75) is 37.9 Å². The van der Waals surface area contributed by atoms with E-state index in [2.05, 4.69) is 17.5 Å². The van der Waals surface area contributed by atoms with E-state index in [1.165, 1.54) is 10.1 Å². The maximum atomic E-state index is 11.9. The number of rotatable bonds is 3. The Morgan fingerprint density at radius 2 is 2.25 bits per heavy atom. The molecule has 0 aliphatic carbocycles. The van der Waals surface area contributed by atoms with Crippen molar-refractivity contribution in [2.24, 2.45) is 5.41 Å². The zero-order chi connectivity index (χ0) is 13.7. The van der Waals surface area contributed by atoms with Gasteiger partial charge >= 0.3 is 5.97 Å². The summed E-state index contributed by atoms with van der Waals surface area (Å²) in [5.74, 6) is -0.694. The standard InChI is InChI=1S/C16H16O3S/c17-15(18)16(8-11-5-6-14(16)19-11)7-10-9-20-13-4-2-1-3-12(10)13/h1-4,9,11,14H,5-8H2,(H,17,18). The van der Waals surface area contributed by atoms with Crippen LogP contribution in [0.3, 0.4) is 0 Å². The molecule has 3 unspecified atom stereocenters. The highest BCUT2D eigenvalue weighted by Gasteiger charge is 2.57. The molecular formula is C16H16O3S. The molecule has 1 N–H and O–H groups in total. The van der Waals surface area contributed by atoms with Crippen molar-refractivity contribution in [3.8, 4) is 0 Å². The summed E-state index contributed by atoms with van der Waals surface area (Å²) in [5.41, 5.74) is 0.441.